The summed E-state index contributed by atoms with van der Waals surface area (Å²) in [5, 5.41) is 10.2. The second-order valence-electron chi connectivity index (χ2n) is 17.7. The lowest BCUT2D eigenvalue weighted by Gasteiger charge is -2.11. The van der Waals surface area contributed by atoms with E-state index in [0.29, 0.717) is 5.82 Å². The summed E-state index contributed by atoms with van der Waals surface area (Å²) in [6.45, 7) is 0. The van der Waals surface area contributed by atoms with Crippen LogP contribution in [0.15, 0.2) is 227 Å². The Morgan fingerprint density at radius 2 is 0.750 bits per heavy atom. The molecule has 5 heterocycles. The first kappa shape index (κ1) is 37.0. The SMILES string of the molecule is c1ccc(-c2nc(-c3ccc(-n4c5ccc(-c6ccc7c(c6)c6cc8c(cc6n7-c6ccccc6)oc6ccccc68)cc5c5cc6c(cc54)oc4ccccc46)cc3)nc3ccccc23)cc1. The Morgan fingerprint density at radius 1 is 0.279 bits per heavy atom. The first-order valence-corrected chi connectivity index (χ1v) is 23.0. The van der Waals surface area contributed by atoms with E-state index in [1.165, 1.54) is 10.8 Å². The third-order valence-corrected chi connectivity index (χ3v) is 13.9. The number of hydrogen-bond donors (Lipinski definition) is 0. The fourth-order valence-electron chi connectivity index (χ4n) is 10.7. The molecule has 6 heteroatoms. The van der Waals surface area contributed by atoms with Gasteiger partial charge in [-0.1, -0.05) is 115 Å². The molecule has 5 aromatic heterocycles. The summed E-state index contributed by atoms with van der Waals surface area (Å²) in [4.78, 5) is 10.2. The molecule has 0 atom stereocenters. The number of rotatable bonds is 5. The molecule has 15 rings (SSSR count). The van der Waals surface area contributed by atoms with Crippen molar-refractivity contribution in [2.45, 2.75) is 0 Å². The highest BCUT2D eigenvalue weighted by Crippen LogP contribution is 2.43. The number of nitrogens with zero attached hydrogens (tertiary/aromatic N) is 4. The molecule has 68 heavy (non-hydrogen) atoms. The normalized spacial score (nSPS) is 12.1. The van der Waals surface area contributed by atoms with Crippen molar-refractivity contribution in [3.05, 3.63) is 218 Å². The molecular formula is C62H36N4O2. The van der Waals surface area contributed by atoms with Crippen LogP contribution in [0.2, 0.25) is 0 Å². The average Bonchev–Trinajstić information content (AvgIpc) is 4.14. The third-order valence-electron chi connectivity index (χ3n) is 13.9. The van der Waals surface area contributed by atoms with Gasteiger partial charge in [0.25, 0.3) is 0 Å². The molecule has 0 bridgehead atoms. The van der Waals surface area contributed by atoms with Gasteiger partial charge in [0.1, 0.15) is 22.3 Å². The van der Waals surface area contributed by atoms with Gasteiger partial charge >= 0.3 is 0 Å². The number of furan rings is 2. The molecule has 0 radical (unpaired) electrons. The minimum atomic E-state index is 0.691. The Balaban J connectivity index is 0.920. The Bertz CT molecular complexity index is 4540. The Labute approximate surface area is 388 Å². The van der Waals surface area contributed by atoms with Gasteiger partial charge in [-0.25, -0.2) is 9.97 Å². The van der Waals surface area contributed by atoms with Gasteiger partial charge in [-0.15, -0.1) is 0 Å². The van der Waals surface area contributed by atoms with Gasteiger partial charge in [0.2, 0.25) is 0 Å². The fourth-order valence-corrected chi connectivity index (χ4v) is 10.7. The fraction of sp³-hybridized carbons (Fsp3) is 0. The lowest BCUT2D eigenvalue weighted by atomic mass is 10.00. The summed E-state index contributed by atoms with van der Waals surface area (Å²) < 4.78 is 17.7. The van der Waals surface area contributed by atoms with E-state index in [4.69, 9.17) is 18.8 Å². The summed E-state index contributed by atoms with van der Waals surface area (Å²) in [6.07, 6.45) is 0. The van der Waals surface area contributed by atoms with Crippen molar-refractivity contribution in [1.29, 1.82) is 0 Å². The number of benzene rings is 10. The lowest BCUT2D eigenvalue weighted by Crippen LogP contribution is -1.97. The highest BCUT2D eigenvalue weighted by atomic mass is 16.3. The zero-order valence-electron chi connectivity index (χ0n) is 36.4. The van der Waals surface area contributed by atoms with Crippen LogP contribution in [0.1, 0.15) is 0 Å². The first-order chi connectivity index (χ1) is 33.7. The lowest BCUT2D eigenvalue weighted by molar-refractivity contribution is 0.669. The molecule has 0 N–H and O–H groups in total. The molecule has 0 saturated carbocycles. The molecule has 0 fully saturated rings. The van der Waals surface area contributed by atoms with Gasteiger partial charge in [0.15, 0.2) is 5.82 Å². The maximum absolute atomic E-state index is 6.52. The second-order valence-corrected chi connectivity index (χ2v) is 17.7. The molecule has 15 aromatic rings. The quantitative estimate of drug-likeness (QED) is 0.173. The summed E-state index contributed by atoms with van der Waals surface area (Å²) >= 11 is 0. The minimum absolute atomic E-state index is 0.691. The summed E-state index contributed by atoms with van der Waals surface area (Å²) in [6, 6.07) is 77.3. The molecule has 6 nitrogen and oxygen atoms in total. The molecule has 0 aliphatic heterocycles. The van der Waals surface area contributed by atoms with Gasteiger partial charge < -0.3 is 18.0 Å². The highest BCUT2D eigenvalue weighted by molar-refractivity contribution is 6.20. The number of para-hydroxylation sites is 4. The predicted octanol–water partition coefficient (Wildman–Crippen LogP) is 16.6. The molecule has 0 aliphatic carbocycles. The van der Waals surface area contributed by atoms with Crippen LogP contribution in [-0.4, -0.2) is 19.1 Å². The minimum Gasteiger partial charge on any atom is -0.456 e. The van der Waals surface area contributed by atoms with Crippen LogP contribution in [-0.2, 0) is 0 Å². The number of fused-ring (bicyclic) bond motifs is 13. The van der Waals surface area contributed by atoms with Crippen molar-refractivity contribution >= 4 is 98.4 Å². The van der Waals surface area contributed by atoms with Gasteiger partial charge in [0.05, 0.1) is 33.3 Å². The summed E-state index contributed by atoms with van der Waals surface area (Å²) in [5.74, 6) is 0.691. The molecule has 0 unspecified atom stereocenters. The van der Waals surface area contributed by atoms with Crippen molar-refractivity contribution in [2.75, 3.05) is 0 Å². The van der Waals surface area contributed by atoms with Crippen LogP contribution >= 0.6 is 0 Å². The maximum Gasteiger partial charge on any atom is 0.160 e. The molecular weight excluding hydrogens is 833 g/mol. The molecule has 0 saturated heterocycles. The van der Waals surface area contributed by atoms with Crippen molar-refractivity contribution in [3.8, 4) is 45.1 Å². The van der Waals surface area contributed by atoms with Crippen molar-refractivity contribution in [2.24, 2.45) is 0 Å². The zero-order valence-corrected chi connectivity index (χ0v) is 36.4. The van der Waals surface area contributed by atoms with Gasteiger partial charge in [-0.05, 0) is 102 Å². The van der Waals surface area contributed by atoms with Crippen molar-refractivity contribution < 1.29 is 8.83 Å². The van der Waals surface area contributed by atoms with Gasteiger partial charge in [-0.2, -0.15) is 0 Å². The Kier molecular flexibility index (Phi) is 7.69. The van der Waals surface area contributed by atoms with E-state index in [2.05, 4.69) is 185 Å². The van der Waals surface area contributed by atoms with E-state index in [9.17, 15) is 0 Å². The molecule has 0 spiro atoms. The van der Waals surface area contributed by atoms with E-state index in [-0.39, 0.29) is 0 Å². The van der Waals surface area contributed by atoms with Crippen LogP contribution < -0.4 is 0 Å². The number of hydrogen-bond acceptors (Lipinski definition) is 4. The Hall–Kier alpha value is -9.26. The zero-order chi connectivity index (χ0) is 44.5. The van der Waals surface area contributed by atoms with E-state index in [0.717, 1.165) is 127 Å². The molecule has 316 valence electrons. The van der Waals surface area contributed by atoms with Gasteiger partial charge in [0, 0.05) is 83.1 Å². The monoisotopic (exact) mass is 868 g/mol. The largest absolute Gasteiger partial charge is 0.456 e. The topological polar surface area (TPSA) is 61.9 Å². The van der Waals surface area contributed by atoms with Crippen LogP contribution in [0.25, 0.3) is 144 Å². The molecule has 0 amide bonds. The van der Waals surface area contributed by atoms with Crippen molar-refractivity contribution in [3.63, 3.8) is 0 Å². The van der Waals surface area contributed by atoms with E-state index >= 15 is 0 Å². The van der Waals surface area contributed by atoms with Crippen molar-refractivity contribution in [1.82, 2.24) is 19.1 Å². The average molecular weight is 869 g/mol. The van der Waals surface area contributed by atoms with Crippen LogP contribution in [0.4, 0.5) is 0 Å². The van der Waals surface area contributed by atoms with E-state index in [1.54, 1.807) is 0 Å². The van der Waals surface area contributed by atoms with Crippen LogP contribution in [0, 0.1) is 0 Å². The standard InChI is InChI=1S/C62H36N4O2/c1-3-13-37(14-4-1)61-45-19-7-10-20-52(45)63-62(64-61)38-23-27-42(28-24-38)66-54-30-26-40(32-47(54)49-34-51-44-18-9-12-22-58(44)68-60(51)36-56(49)66)39-25-29-53-46(31-39)48-33-50-43-17-8-11-21-57(43)67-59(50)35-55(48)65(53)41-15-5-2-6-16-41/h1-36H. The summed E-state index contributed by atoms with van der Waals surface area (Å²) in [5.41, 5.74) is 16.2. The first-order valence-electron chi connectivity index (χ1n) is 23.0. The van der Waals surface area contributed by atoms with Gasteiger partial charge in [-0.3, -0.25) is 0 Å². The third kappa shape index (κ3) is 5.46. The van der Waals surface area contributed by atoms with Crippen LogP contribution in [0.3, 0.4) is 0 Å². The maximum atomic E-state index is 6.52. The number of aromatic nitrogens is 4. The molecule has 10 aromatic carbocycles. The van der Waals surface area contributed by atoms with Crippen LogP contribution in [0.5, 0.6) is 0 Å². The highest BCUT2D eigenvalue weighted by Gasteiger charge is 2.21. The molecule has 0 aliphatic rings. The summed E-state index contributed by atoms with van der Waals surface area (Å²) in [7, 11) is 0. The predicted molar refractivity (Wildman–Crippen MR) is 279 cm³/mol. The second kappa shape index (κ2) is 14.1. The van der Waals surface area contributed by atoms with E-state index < -0.39 is 0 Å². The smallest absolute Gasteiger partial charge is 0.160 e. The Morgan fingerprint density at radius 3 is 1.34 bits per heavy atom. The van der Waals surface area contributed by atoms with E-state index in [1.807, 2.05) is 42.5 Å².